The number of hydrogen-bond acceptors (Lipinski definition) is 3. The van der Waals surface area contributed by atoms with E-state index in [0.29, 0.717) is 6.61 Å². The summed E-state index contributed by atoms with van der Waals surface area (Å²) in [5.74, 6) is 1.17. The molecule has 4 nitrogen and oxygen atoms in total. The highest BCUT2D eigenvalue weighted by atomic mass is 16.5. The Bertz CT molecular complexity index is 450. The highest BCUT2D eigenvalue weighted by Crippen LogP contribution is 2.16. The van der Waals surface area contributed by atoms with Crippen LogP contribution in [0.25, 0.3) is 0 Å². The minimum absolute atomic E-state index is 0.0264. The van der Waals surface area contributed by atoms with Crippen molar-refractivity contribution in [2.45, 2.75) is 32.7 Å². The van der Waals surface area contributed by atoms with Crippen LogP contribution in [0.3, 0.4) is 0 Å². The molecule has 1 N–H and O–H groups in total. The van der Waals surface area contributed by atoms with Gasteiger partial charge in [0.25, 0.3) is 0 Å². The first-order chi connectivity index (χ1) is 10.0. The summed E-state index contributed by atoms with van der Waals surface area (Å²) >= 11 is 0. The number of aryl methyl sites for hydroxylation is 1. The van der Waals surface area contributed by atoms with Crippen LogP contribution in [0.5, 0.6) is 5.75 Å². The van der Waals surface area contributed by atoms with Crippen molar-refractivity contribution in [3.63, 3.8) is 0 Å². The molecule has 4 heteroatoms. The van der Waals surface area contributed by atoms with Gasteiger partial charge in [0.05, 0.1) is 6.04 Å². The zero-order valence-electron chi connectivity index (χ0n) is 13.3. The maximum Gasteiger partial charge on any atom is 0.223 e. The van der Waals surface area contributed by atoms with Gasteiger partial charge < -0.3 is 15.0 Å². The van der Waals surface area contributed by atoms with Gasteiger partial charge in [-0.05, 0) is 59.0 Å². The van der Waals surface area contributed by atoms with Crippen molar-refractivity contribution in [2.75, 3.05) is 26.7 Å². The van der Waals surface area contributed by atoms with E-state index in [1.54, 1.807) is 0 Å². The summed E-state index contributed by atoms with van der Waals surface area (Å²) in [5, 5.41) is 3.06. The van der Waals surface area contributed by atoms with Gasteiger partial charge in [-0.25, -0.2) is 0 Å². The number of nitrogens with zero attached hydrogens (tertiary/aromatic N) is 1. The fourth-order valence-electron chi connectivity index (χ4n) is 2.53. The van der Waals surface area contributed by atoms with E-state index in [9.17, 15) is 4.79 Å². The van der Waals surface area contributed by atoms with Gasteiger partial charge in [-0.15, -0.1) is 0 Å². The zero-order valence-corrected chi connectivity index (χ0v) is 13.3. The Balaban J connectivity index is 1.72. The molecule has 0 aromatic heterocycles. The Morgan fingerprint density at radius 1 is 1.33 bits per heavy atom. The van der Waals surface area contributed by atoms with Gasteiger partial charge in [0.1, 0.15) is 12.4 Å². The number of rotatable bonds is 5. The molecule has 1 unspecified atom stereocenters. The quantitative estimate of drug-likeness (QED) is 0.904. The second-order valence-corrected chi connectivity index (χ2v) is 6.11. The third kappa shape index (κ3) is 5.05. The Hall–Kier alpha value is -1.55. The molecule has 1 heterocycles. The number of carbonyl (C=O) groups excluding carboxylic acids is 1. The fourth-order valence-corrected chi connectivity index (χ4v) is 2.53. The lowest BCUT2D eigenvalue weighted by Crippen LogP contribution is -2.43. The topological polar surface area (TPSA) is 41.6 Å². The van der Waals surface area contributed by atoms with Crippen molar-refractivity contribution in [3.8, 4) is 5.75 Å². The van der Waals surface area contributed by atoms with E-state index in [-0.39, 0.29) is 17.9 Å². The van der Waals surface area contributed by atoms with Gasteiger partial charge in [-0.1, -0.05) is 17.7 Å². The summed E-state index contributed by atoms with van der Waals surface area (Å²) in [6.45, 7) is 6.55. The highest BCUT2D eigenvalue weighted by molar-refractivity contribution is 5.79. The number of nitrogens with one attached hydrogen (secondary N) is 1. The first-order valence-corrected chi connectivity index (χ1v) is 7.73. The third-order valence-electron chi connectivity index (χ3n) is 4.00. The number of ether oxygens (including phenoxy) is 1. The van der Waals surface area contributed by atoms with Crippen molar-refractivity contribution in [2.24, 2.45) is 5.92 Å². The average Bonchev–Trinajstić information content (AvgIpc) is 2.47. The number of benzene rings is 1. The molecule has 1 aliphatic heterocycles. The highest BCUT2D eigenvalue weighted by Gasteiger charge is 2.24. The maximum atomic E-state index is 12.2. The van der Waals surface area contributed by atoms with E-state index in [0.717, 1.165) is 31.7 Å². The standard InChI is InChI=1S/C17H26N2O2/c1-13-4-6-16(7-5-13)21-12-14(2)18-17(20)15-8-10-19(3)11-9-15/h4-7,14-15H,8-12H2,1-3H3,(H,18,20). The molecule has 116 valence electrons. The SMILES string of the molecule is Cc1ccc(OCC(C)NC(=O)C2CCN(C)CC2)cc1. The monoisotopic (exact) mass is 290 g/mol. The maximum absolute atomic E-state index is 12.2. The Morgan fingerprint density at radius 3 is 2.57 bits per heavy atom. The van der Waals surface area contributed by atoms with E-state index in [1.807, 2.05) is 38.1 Å². The average molecular weight is 290 g/mol. The number of hydrogen-bond donors (Lipinski definition) is 1. The molecule has 0 bridgehead atoms. The van der Waals surface area contributed by atoms with E-state index >= 15 is 0 Å². The van der Waals surface area contributed by atoms with Gasteiger partial charge in [-0.3, -0.25) is 4.79 Å². The van der Waals surface area contributed by atoms with Crippen molar-refractivity contribution >= 4 is 5.91 Å². The number of likely N-dealkylation sites (tertiary alicyclic amines) is 1. The zero-order chi connectivity index (χ0) is 15.2. The minimum Gasteiger partial charge on any atom is -0.491 e. The second kappa shape index (κ2) is 7.46. The molecule has 21 heavy (non-hydrogen) atoms. The largest absolute Gasteiger partial charge is 0.491 e. The summed E-state index contributed by atoms with van der Waals surface area (Å²) in [6.07, 6.45) is 1.90. The predicted molar refractivity (Wildman–Crippen MR) is 84.5 cm³/mol. The Morgan fingerprint density at radius 2 is 1.95 bits per heavy atom. The molecule has 0 spiro atoms. The van der Waals surface area contributed by atoms with Crippen LogP contribution in [-0.2, 0) is 4.79 Å². The van der Waals surface area contributed by atoms with Crippen molar-refractivity contribution in [3.05, 3.63) is 29.8 Å². The summed E-state index contributed by atoms with van der Waals surface area (Å²) in [4.78, 5) is 14.5. The molecule has 1 saturated heterocycles. The lowest BCUT2D eigenvalue weighted by molar-refractivity contribution is -0.127. The smallest absolute Gasteiger partial charge is 0.223 e. The van der Waals surface area contributed by atoms with E-state index < -0.39 is 0 Å². The molecule has 1 aromatic rings. The van der Waals surface area contributed by atoms with Crippen LogP contribution in [0, 0.1) is 12.8 Å². The lowest BCUT2D eigenvalue weighted by atomic mass is 9.96. The summed E-state index contributed by atoms with van der Waals surface area (Å²) < 4.78 is 5.71. The van der Waals surface area contributed by atoms with Crippen molar-refractivity contribution < 1.29 is 9.53 Å². The van der Waals surface area contributed by atoms with Crippen LogP contribution in [-0.4, -0.2) is 43.6 Å². The predicted octanol–water partition coefficient (Wildman–Crippen LogP) is 2.22. The molecule has 1 fully saturated rings. The molecule has 1 aromatic carbocycles. The minimum atomic E-state index is 0.0264. The first kappa shape index (κ1) is 15.8. The van der Waals surface area contributed by atoms with Crippen molar-refractivity contribution in [1.29, 1.82) is 0 Å². The molecular weight excluding hydrogens is 264 g/mol. The normalized spacial score (nSPS) is 18.2. The van der Waals surface area contributed by atoms with Crippen LogP contribution < -0.4 is 10.1 Å². The first-order valence-electron chi connectivity index (χ1n) is 7.73. The van der Waals surface area contributed by atoms with Gasteiger partial charge in [-0.2, -0.15) is 0 Å². The second-order valence-electron chi connectivity index (χ2n) is 6.11. The molecule has 1 amide bonds. The van der Waals surface area contributed by atoms with Crippen LogP contribution in [0.2, 0.25) is 0 Å². The molecule has 0 radical (unpaired) electrons. The van der Waals surface area contributed by atoms with Crippen LogP contribution >= 0.6 is 0 Å². The summed E-state index contributed by atoms with van der Waals surface area (Å²) in [7, 11) is 2.10. The van der Waals surface area contributed by atoms with Crippen LogP contribution in [0.15, 0.2) is 24.3 Å². The van der Waals surface area contributed by atoms with E-state index in [4.69, 9.17) is 4.74 Å². The number of carbonyl (C=O) groups is 1. The lowest BCUT2D eigenvalue weighted by Gasteiger charge is -2.29. The van der Waals surface area contributed by atoms with Crippen LogP contribution in [0.1, 0.15) is 25.3 Å². The molecule has 0 aliphatic carbocycles. The summed E-state index contributed by atoms with van der Waals surface area (Å²) in [5.41, 5.74) is 1.21. The van der Waals surface area contributed by atoms with Crippen LogP contribution in [0.4, 0.5) is 0 Å². The van der Waals surface area contributed by atoms with Gasteiger partial charge in [0.2, 0.25) is 5.91 Å². The van der Waals surface area contributed by atoms with Gasteiger partial charge in [0.15, 0.2) is 0 Å². The van der Waals surface area contributed by atoms with Gasteiger partial charge in [0, 0.05) is 5.92 Å². The van der Waals surface area contributed by atoms with Gasteiger partial charge >= 0.3 is 0 Å². The molecule has 1 aliphatic rings. The summed E-state index contributed by atoms with van der Waals surface area (Å²) in [6, 6.07) is 7.99. The Kier molecular flexibility index (Phi) is 5.62. The van der Waals surface area contributed by atoms with E-state index in [1.165, 1.54) is 5.56 Å². The number of amides is 1. The van der Waals surface area contributed by atoms with Crippen molar-refractivity contribution in [1.82, 2.24) is 10.2 Å². The molecule has 1 atom stereocenters. The molecular formula is C17H26N2O2. The van der Waals surface area contributed by atoms with E-state index in [2.05, 4.69) is 17.3 Å². The molecule has 0 saturated carbocycles. The number of piperidine rings is 1. The Labute approximate surface area is 127 Å². The molecule has 2 rings (SSSR count). The fraction of sp³-hybridized carbons (Fsp3) is 0.588. The third-order valence-corrected chi connectivity index (χ3v) is 4.00.